The topological polar surface area (TPSA) is 89.7 Å². The molecule has 0 bridgehead atoms. The molecule has 4 rings (SSSR count). The van der Waals surface area contributed by atoms with Crippen LogP contribution in [0.25, 0.3) is 11.3 Å². The molecule has 7 nitrogen and oxygen atoms in total. The van der Waals surface area contributed by atoms with Crippen LogP contribution in [0.3, 0.4) is 0 Å². The molecule has 2 aromatic carbocycles. The van der Waals surface area contributed by atoms with Crippen LogP contribution in [-0.4, -0.2) is 49.0 Å². The number of rotatable bonds is 6. The van der Waals surface area contributed by atoms with Crippen molar-refractivity contribution in [3.8, 4) is 17.1 Å². The fourth-order valence-corrected chi connectivity index (χ4v) is 5.31. The Kier molecular flexibility index (Phi) is 5.59. The van der Waals surface area contributed by atoms with Crippen LogP contribution in [-0.2, 0) is 16.4 Å². The lowest BCUT2D eigenvalue weighted by atomic mass is 10.1. The number of sulfone groups is 1. The van der Waals surface area contributed by atoms with Crippen LogP contribution >= 0.6 is 0 Å². The maximum Gasteiger partial charge on any atom is 0.276 e. The number of amides is 1. The quantitative estimate of drug-likeness (QED) is 0.601. The van der Waals surface area contributed by atoms with E-state index < -0.39 is 15.9 Å². The van der Waals surface area contributed by atoms with Crippen LogP contribution in [0.4, 0.5) is 0 Å². The number of benzene rings is 2. The molecule has 0 aliphatic carbocycles. The van der Waals surface area contributed by atoms with Crippen molar-refractivity contribution in [3.05, 3.63) is 71.9 Å². The standard InChI is InChI=1S/C22H22N2O5S/c1-28-19-9-7-16(8-10-19)14-24(18-11-12-30(26,27)15-18)22(25)20-13-21(29-23-20)17-5-3-2-4-6-17/h2-10,13,18H,11-12,14-15H2,1H3. The smallest absolute Gasteiger partial charge is 0.276 e. The summed E-state index contributed by atoms with van der Waals surface area (Å²) >= 11 is 0. The first-order chi connectivity index (χ1) is 14.4. The molecule has 0 spiro atoms. The average Bonchev–Trinajstić information content (AvgIpc) is 3.39. The molecule has 30 heavy (non-hydrogen) atoms. The van der Waals surface area contributed by atoms with Crippen LogP contribution < -0.4 is 4.74 Å². The summed E-state index contributed by atoms with van der Waals surface area (Å²) in [7, 11) is -1.57. The van der Waals surface area contributed by atoms with Crippen molar-refractivity contribution in [1.29, 1.82) is 0 Å². The molecule has 0 saturated carbocycles. The van der Waals surface area contributed by atoms with Gasteiger partial charge in [0.2, 0.25) is 0 Å². The van der Waals surface area contributed by atoms with Crippen molar-refractivity contribution in [1.82, 2.24) is 10.1 Å². The lowest BCUT2D eigenvalue weighted by Gasteiger charge is -2.27. The van der Waals surface area contributed by atoms with E-state index in [2.05, 4.69) is 5.16 Å². The predicted molar refractivity (Wildman–Crippen MR) is 112 cm³/mol. The molecule has 3 aromatic rings. The minimum atomic E-state index is -3.15. The molecule has 1 amide bonds. The molecule has 2 heterocycles. The Bertz CT molecular complexity index is 1120. The molecule has 1 fully saturated rings. The summed E-state index contributed by atoms with van der Waals surface area (Å²) in [6, 6.07) is 17.9. The van der Waals surface area contributed by atoms with Gasteiger partial charge in [-0.2, -0.15) is 0 Å². The van der Waals surface area contributed by atoms with Crippen LogP contribution in [0, 0.1) is 0 Å². The average molecular weight is 426 g/mol. The highest BCUT2D eigenvalue weighted by molar-refractivity contribution is 7.91. The summed E-state index contributed by atoms with van der Waals surface area (Å²) in [4.78, 5) is 14.9. The Morgan fingerprint density at radius 3 is 2.53 bits per heavy atom. The van der Waals surface area contributed by atoms with Crippen LogP contribution in [0.15, 0.2) is 65.2 Å². The van der Waals surface area contributed by atoms with Gasteiger partial charge in [-0.05, 0) is 24.1 Å². The lowest BCUT2D eigenvalue weighted by molar-refractivity contribution is 0.0670. The maximum atomic E-state index is 13.3. The molecule has 0 radical (unpaired) electrons. The van der Waals surface area contributed by atoms with Crippen LogP contribution in [0.2, 0.25) is 0 Å². The molecule has 156 valence electrons. The van der Waals surface area contributed by atoms with Crippen molar-refractivity contribution in [2.45, 2.75) is 19.0 Å². The second-order valence-electron chi connectivity index (χ2n) is 7.28. The summed E-state index contributed by atoms with van der Waals surface area (Å²) < 4.78 is 34.6. The number of hydrogen-bond acceptors (Lipinski definition) is 6. The number of methoxy groups -OCH3 is 1. The second-order valence-corrected chi connectivity index (χ2v) is 9.51. The minimum Gasteiger partial charge on any atom is -0.497 e. The van der Waals surface area contributed by atoms with Crippen molar-refractivity contribution in [3.63, 3.8) is 0 Å². The number of carbonyl (C=O) groups is 1. The van der Waals surface area contributed by atoms with Gasteiger partial charge in [-0.25, -0.2) is 8.42 Å². The Labute approximate surface area is 175 Å². The van der Waals surface area contributed by atoms with Gasteiger partial charge in [0, 0.05) is 24.2 Å². The number of hydrogen-bond donors (Lipinski definition) is 0. The molecule has 1 unspecified atom stereocenters. The minimum absolute atomic E-state index is 0.0434. The SMILES string of the molecule is COc1ccc(CN(C(=O)c2cc(-c3ccccc3)on2)C2CCS(=O)(=O)C2)cc1. The van der Waals surface area contributed by atoms with E-state index >= 15 is 0 Å². The van der Waals surface area contributed by atoms with Gasteiger partial charge in [-0.3, -0.25) is 4.79 Å². The van der Waals surface area contributed by atoms with E-state index in [1.807, 2.05) is 54.6 Å². The molecule has 1 aliphatic heterocycles. The van der Waals surface area contributed by atoms with E-state index in [0.29, 0.717) is 17.9 Å². The van der Waals surface area contributed by atoms with Gasteiger partial charge in [0.05, 0.1) is 18.6 Å². The van der Waals surface area contributed by atoms with E-state index in [1.165, 1.54) is 0 Å². The van der Waals surface area contributed by atoms with Crippen molar-refractivity contribution < 1.29 is 22.5 Å². The zero-order chi connectivity index (χ0) is 21.1. The molecule has 8 heteroatoms. The summed E-state index contributed by atoms with van der Waals surface area (Å²) in [5, 5.41) is 3.95. The number of aromatic nitrogens is 1. The van der Waals surface area contributed by atoms with Gasteiger partial charge in [-0.15, -0.1) is 0 Å². The highest BCUT2D eigenvalue weighted by Gasteiger charge is 2.36. The van der Waals surface area contributed by atoms with Crippen LogP contribution in [0.5, 0.6) is 5.75 Å². The van der Waals surface area contributed by atoms with E-state index in [9.17, 15) is 13.2 Å². The zero-order valence-corrected chi connectivity index (χ0v) is 17.3. The van der Waals surface area contributed by atoms with Gasteiger partial charge >= 0.3 is 0 Å². The third-order valence-corrected chi connectivity index (χ3v) is 6.96. The number of carbonyl (C=O) groups excluding carboxylic acids is 1. The van der Waals surface area contributed by atoms with Crippen molar-refractivity contribution >= 4 is 15.7 Å². The molecule has 1 aliphatic rings. The molecular weight excluding hydrogens is 404 g/mol. The predicted octanol–water partition coefficient (Wildman–Crippen LogP) is 3.18. The van der Waals surface area contributed by atoms with E-state index in [0.717, 1.165) is 11.1 Å². The van der Waals surface area contributed by atoms with Gasteiger partial charge in [-0.1, -0.05) is 47.6 Å². The largest absolute Gasteiger partial charge is 0.497 e. The zero-order valence-electron chi connectivity index (χ0n) is 16.5. The van der Waals surface area contributed by atoms with E-state index in [-0.39, 0.29) is 29.7 Å². The van der Waals surface area contributed by atoms with E-state index in [1.54, 1.807) is 18.1 Å². The lowest BCUT2D eigenvalue weighted by Crippen LogP contribution is -2.40. The van der Waals surface area contributed by atoms with Gasteiger partial charge < -0.3 is 14.2 Å². The van der Waals surface area contributed by atoms with E-state index in [4.69, 9.17) is 9.26 Å². The molecule has 1 saturated heterocycles. The van der Waals surface area contributed by atoms with Crippen molar-refractivity contribution in [2.75, 3.05) is 18.6 Å². The Morgan fingerprint density at radius 2 is 1.90 bits per heavy atom. The second kappa shape index (κ2) is 8.31. The fourth-order valence-electron chi connectivity index (χ4n) is 3.58. The molecule has 0 N–H and O–H groups in total. The third-order valence-electron chi connectivity index (χ3n) is 5.21. The van der Waals surface area contributed by atoms with Gasteiger partial charge in [0.1, 0.15) is 5.75 Å². The summed E-state index contributed by atoms with van der Waals surface area (Å²) in [5.74, 6) is 0.890. The number of nitrogens with zero attached hydrogens (tertiary/aromatic N) is 2. The number of ether oxygens (including phenoxy) is 1. The van der Waals surface area contributed by atoms with Gasteiger partial charge in [0.25, 0.3) is 5.91 Å². The Balaban J connectivity index is 1.61. The third kappa shape index (κ3) is 4.38. The first kappa shape index (κ1) is 20.2. The fraction of sp³-hybridized carbons (Fsp3) is 0.273. The Hall–Kier alpha value is -3.13. The van der Waals surface area contributed by atoms with Crippen LogP contribution in [0.1, 0.15) is 22.5 Å². The molecule has 1 atom stereocenters. The highest BCUT2D eigenvalue weighted by Crippen LogP contribution is 2.25. The van der Waals surface area contributed by atoms with Crippen molar-refractivity contribution in [2.24, 2.45) is 0 Å². The molecule has 1 aromatic heterocycles. The maximum absolute atomic E-state index is 13.3. The Morgan fingerprint density at radius 1 is 1.17 bits per heavy atom. The first-order valence-electron chi connectivity index (χ1n) is 9.61. The molecular formula is C22H22N2O5S. The summed E-state index contributed by atoms with van der Waals surface area (Å²) in [6.07, 6.45) is 0.410. The highest BCUT2D eigenvalue weighted by atomic mass is 32.2. The first-order valence-corrected chi connectivity index (χ1v) is 11.4. The normalized spacial score (nSPS) is 17.6. The summed E-state index contributed by atoms with van der Waals surface area (Å²) in [5.41, 5.74) is 1.85. The monoisotopic (exact) mass is 426 g/mol. The van der Waals surface area contributed by atoms with Gasteiger partial charge in [0.15, 0.2) is 21.3 Å². The summed E-state index contributed by atoms with van der Waals surface area (Å²) in [6.45, 7) is 0.274.